The molecule has 5 aromatic carbocycles. The highest BCUT2D eigenvalue weighted by Gasteiger charge is 2.22. The number of fused-ring (bicyclic) bond motifs is 3. The molecule has 5 nitrogen and oxygen atoms in total. The number of pyridine rings is 3. The fourth-order valence-electron chi connectivity index (χ4n) is 6.69. The van der Waals surface area contributed by atoms with Gasteiger partial charge in [-0.25, -0.2) is 9.67 Å². The van der Waals surface area contributed by atoms with Gasteiger partial charge >= 0.3 is 0 Å². The number of nitrogens with zero attached hydrogens (tertiary/aromatic N) is 5. The summed E-state index contributed by atoms with van der Waals surface area (Å²) < 4.78 is 2.11. The van der Waals surface area contributed by atoms with E-state index in [1.165, 1.54) is 0 Å². The molecule has 49 heavy (non-hydrogen) atoms. The first-order valence-electron chi connectivity index (χ1n) is 16.3. The topological polar surface area (TPSA) is 56.5 Å². The summed E-state index contributed by atoms with van der Waals surface area (Å²) in [6.07, 6.45) is 3.61. The number of hydrogen-bond acceptors (Lipinski definition) is 4. The van der Waals surface area contributed by atoms with Crippen molar-refractivity contribution in [3.63, 3.8) is 0 Å². The van der Waals surface area contributed by atoms with E-state index in [0.29, 0.717) is 0 Å². The molecule has 0 radical (unpaired) electrons. The Morgan fingerprint density at radius 1 is 0.408 bits per heavy atom. The molecule has 0 amide bonds. The standard InChI is InChI=1S/C44H29N5/c1-4-15-30(16-5-1)36-29-37-34(32-27-40(38-23-10-12-25-45-38)47-41(28-32)39-24-11-13-26-46-39)21-14-22-35(37)44-42(36)43(31-17-6-2-7-18-31)48-49(44)33-19-8-3-9-20-33/h1-29H. The highest BCUT2D eigenvalue weighted by atomic mass is 15.3. The molecule has 0 aliphatic rings. The molecule has 0 unspecified atom stereocenters. The first-order valence-corrected chi connectivity index (χ1v) is 16.3. The molecule has 9 rings (SSSR count). The Bertz CT molecular complexity index is 2510. The second-order valence-corrected chi connectivity index (χ2v) is 11.9. The molecule has 0 fully saturated rings. The van der Waals surface area contributed by atoms with Gasteiger partial charge in [-0.1, -0.05) is 109 Å². The number of benzene rings is 5. The zero-order chi connectivity index (χ0) is 32.6. The Morgan fingerprint density at radius 2 is 1.00 bits per heavy atom. The SMILES string of the molecule is c1ccc(-c2cc3c(-c4cc(-c5ccccn5)nc(-c5ccccn5)c4)cccc3c3c2c(-c2ccccc2)nn3-c2ccccc2)cc1. The van der Waals surface area contributed by atoms with Crippen molar-refractivity contribution < 1.29 is 0 Å². The van der Waals surface area contributed by atoms with Gasteiger partial charge in [0.15, 0.2) is 0 Å². The first kappa shape index (κ1) is 28.5. The summed E-state index contributed by atoms with van der Waals surface area (Å²) in [6.45, 7) is 0. The van der Waals surface area contributed by atoms with Crippen molar-refractivity contribution in [1.82, 2.24) is 24.7 Å². The summed E-state index contributed by atoms with van der Waals surface area (Å²) in [5, 5.41) is 8.71. The van der Waals surface area contributed by atoms with Gasteiger partial charge in [-0.2, -0.15) is 5.10 Å². The highest BCUT2D eigenvalue weighted by molar-refractivity contribution is 6.19. The minimum Gasteiger partial charge on any atom is -0.255 e. The van der Waals surface area contributed by atoms with Gasteiger partial charge < -0.3 is 0 Å². The molecule has 0 atom stereocenters. The minimum atomic E-state index is 0.792. The van der Waals surface area contributed by atoms with Gasteiger partial charge in [-0.15, -0.1) is 0 Å². The van der Waals surface area contributed by atoms with Crippen molar-refractivity contribution in [3.8, 4) is 62.0 Å². The van der Waals surface area contributed by atoms with E-state index in [1.54, 1.807) is 12.4 Å². The molecule has 9 aromatic rings. The second kappa shape index (κ2) is 12.1. The lowest BCUT2D eigenvalue weighted by Crippen LogP contribution is -1.97. The predicted octanol–water partition coefficient (Wildman–Crippen LogP) is 10.7. The Balaban J connectivity index is 1.41. The zero-order valence-electron chi connectivity index (χ0n) is 26.5. The van der Waals surface area contributed by atoms with Crippen LogP contribution in [0.5, 0.6) is 0 Å². The highest BCUT2D eigenvalue weighted by Crippen LogP contribution is 2.44. The first-order chi connectivity index (χ1) is 24.3. The molecule has 5 heteroatoms. The minimum absolute atomic E-state index is 0.792. The molecule has 0 aliphatic heterocycles. The largest absolute Gasteiger partial charge is 0.255 e. The Morgan fingerprint density at radius 3 is 1.61 bits per heavy atom. The molecular weight excluding hydrogens is 599 g/mol. The van der Waals surface area contributed by atoms with E-state index in [0.717, 1.165) is 83.6 Å². The molecule has 230 valence electrons. The average Bonchev–Trinajstić information content (AvgIpc) is 3.60. The smallest absolute Gasteiger partial charge is 0.101 e. The Labute approximate surface area is 283 Å². The lowest BCUT2D eigenvalue weighted by molar-refractivity contribution is 0.918. The van der Waals surface area contributed by atoms with E-state index in [4.69, 9.17) is 10.1 Å². The lowest BCUT2D eigenvalue weighted by atomic mass is 9.90. The molecule has 0 spiro atoms. The number of rotatable bonds is 6. The number of hydrogen-bond donors (Lipinski definition) is 0. The van der Waals surface area contributed by atoms with Crippen LogP contribution in [0.3, 0.4) is 0 Å². The van der Waals surface area contributed by atoms with E-state index in [9.17, 15) is 0 Å². The molecule has 0 saturated carbocycles. The van der Waals surface area contributed by atoms with Gasteiger partial charge in [0.25, 0.3) is 0 Å². The van der Waals surface area contributed by atoms with Crippen LogP contribution in [0.15, 0.2) is 176 Å². The van der Waals surface area contributed by atoms with Crippen molar-refractivity contribution >= 4 is 21.7 Å². The van der Waals surface area contributed by atoms with E-state index in [1.807, 2.05) is 48.5 Å². The van der Waals surface area contributed by atoms with Gasteiger partial charge in [0.2, 0.25) is 0 Å². The monoisotopic (exact) mass is 627 g/mol. The lowest BCUT2D eigenvalue weighted by Gasteiger charge is -2.15. The van der Waals surface area contributed by atoms with Crippen molar-refractivity contribution in [2.75, 3.05) is 0 Å². The van der Waals surface area contributed by atoms with Gasteiger partial charge in [0, 0.05) is 28.7 Å². The second-order valence-electron chi connectivity index (χ2n) is 11.9. The normalized spacial score (nSPS) is 11.3. The number of para-hydroxylation sites is 1. The van der Waals surface area contributed by atoms with Crippen LogP contribution in [0, 0.1) is 0 Å². The fraction of sp³-hybridized carbons (Fsp3) is 0. The summed E-state index contributed by atoms with van der Waals surface area (Å²) in [6, 6.07) is 56.5. The third-order valence-corrected chi connectivity index (χ3v) is 8.93. The summed E-state index contributed by atoms with van der Waals surface area (Å²) in [5.41, 5.74) is 11.7. The van der Waals surface area contributed by atoms with E-state index in [2.05, 4.69) is 130 Å². The zero-order valence-corrected chi connectivity index (χ0v) is 26.5. The fourth-order valence-corrected chi connectivity index (χ4v) is 6.69. The van der Waals surface area contributed by atoms with Gasteiger partial charge in [0.1, 0.15) is 5.69 Å². The van der Waals surface area contributed by atoms with Crippen molar-refractivity contribution in [2.45, 2.75) is 0 Å². The van der Waals surface area contributed by atoms with E-state index in [-0.39, 0.29) is 0 Å². The quantitative estimate of drug-likeness (QED) is 0.184. The molecule has 4 aromatic heterocycles. The van der Waals surface area contributed by atoms with Gasteiger partial charge in [0.05, 0.1) is 34.0 Å². The van der Waals surface area contributed by atoms with E-state index >= 15 is 0 Å². The Hall–Kier alpha value is -6.72. The van der Waals surface area contributed by atoms with Crippen molar-refractivity contribution in [3.05, 3.63) is 176 Å². The van der Waals surface area contributed by atoms with Gasteiger partial charge in [-0.05, 0) is 82.2 Å². The van der Waals surface area contributed by atoms with Crippen LogP contribution in [0.4, 0.5) is 0 Å². The maximum atomic E-state index is 5.37. The molecular formula is C44H29N5. The van der Waals surface area contributed by atoms with Crippen LogP contribution in [-0.2, 0) is 0 Å². The Kier molecular flexibility index (Phi) is 7.06. The number of aromatic nitrogens is 5. The molecule has 0 aliphatic carbocycles. The maximum absolute atomic E-state index is 5.37. The van der Waals surface area contributed by atoms with Crippen LogP contribution in [-0.4, -0.2) is 24.7 Å². The third kappa shape index (κ3) is 5.14. The van der Waals surface area contributed by atoms with Crippen molar-refractivity contribution in [1.29, 1.82) is 0 Å². The van der Waals surface area contributed by atoms with Crippen molar-refractivity contribution in [2.24, 2.45) is 0 Å². The van der Waals surface area contributed by atoms with Gasteiger partial charge in [-0.3, -0.25) is 9.97 Å². The van der Waals surface area contributed by atoms with Crippen LogP contribution in [0.2, 0.25) is 0 Å². The van der Waals surface area contributed by atoms with Crippen LogP contribution in [0.25, 0.3) is 83.6 Å². The summed E-state index contributed by atoms with van der Waals surface area (Å²) in [4.78, 5) is 14.4. The molecule has 0 bridgehead atoms. The third-order valence-electron chi connectivity index (χ3n) is 8.93. The predicted molar refractivity (Wildman–Crippen MR) is 199 cm³/mol. The summed E-state index contributed by atoms with van der Waals surface area (Å²) >= 11 is 0. The summed E-state index contributed by atoms with van der Waals surface area (Å²) in [7, 11) is 0. The van der Waals surface area contributed by atoms with Crippen LogP contribution in [0.1, 0.15) is 0 Å². The van der Waals surface area contributed by atoms with E-state index < -0.39 is 0 Å². The average molecular weight is 628 g/mol. The summed E-state index contributed by atoms with van der Waals surface area (Å²) in [5.74, 6) is 0. The molecule has 0 N–H and O–H groups in total. The molecule has 0 saturated heterocycles. The van der Waals surface area contributed by atoms with Crippen LogP contribution < -0.4 is 0 Å². The van der Waals surface area contributed by atoms with Crippen LogP contribution >= 0.6 is 0 Å². The maximum Gasteiger partial charge on any atom is 0.101 e. The molecule has 4 heterocycles.